The van der Waals surface area contributed by atoms with Crippen molar-refractivity contribution in [2.75, 3.05) is 0 Å². The summed E-state index contributed by atoms with van der Waals surface area (Å²) in [7, 11) is 0. The summed E-state index contributed by atoms with van der Waals surface area (Å²) in [5, 5.41) is 8.79. The van der Waals surface area contributed by atoms with Crippen LogP contribution in [0.1, 0.15) is 41.4 Å². The van der Waals surface area contributed by atoms with E-state index in [0.29, 0.717) is 18.2 Å². The van der Waals surface area contributed by atoms with Crippen molar-refractivity contribution < 1.29 is 14.6 Å². The molecule has 0 atom stereocenters. The van der Waals surface area contributed by atoms with E-state index < -0.39 is 5.97 Å². The number of rotatable bonds is 5. The Bertz CT molecular complexity index is 591. The molecule has 1 N–H and O–H groups in total. The molecule has 0 unspecified atom stereocenters. The number of aromatic nitrogens is 1. The van der Waals surface area contributed by atoms with Crippen LogP contribution >= 0.6 is 0 Å². The molecule has 4 heteroatoms. The Morgan fingerprint density at radius 1 is 1.30 bits per heavy atom. The van der Waals surface area contributed by atoms with Gasteiger partial charge >= 0.3 is 5.97 Å². The summed E-state index contributed by atoms with van der Waals surface area (Å²) < 4.78 is 5.67. The second kappa shape index (κ2) is 6.19. The molecule has 20 heavy (non-hydrogen) atoms. The van der Waals surface area contributed by atoms with Crippen LogP contribution in [0.2, 0.25) is 0 Å². The van der Waals surface area contributed by atoms with Gasteiger partial charge in [-0.05, 0) is 35.7 Å². The molecule has 0 fully saturated rings. The van der Waals surface area contributed by atoms with Gasteiger partial charge in [0.15, 0.2) is 0 Å². The van der Waals surface area contributed by atoms with E-state index in [1.165, 1.54) is 17.8 Å². The van der Waals surface area contributed by atoms with Gasteiger partial charge in [0, 0.05) is 6.20 Å². The number of hydrogen-bond donors (Lipinski definition) is 1. The second-order valence-corrected chi connectivity index (χ2v) is 4.86. The van der Waals surface area contributed by atoms with Gasteiger partial charge in [0.05, 0.1) is 11.3 Å². The average molecular weight is 271 g/mol. The van der Waals surface area contributed by atoms with Gasteiger partial charge in [-0.15, -0.1) is 0 Å². The third-order valence-electron chi connectivity index (χ3n) is 2.98. The topological polar surface area (TPSA) is 59.4 Å². The molecule has 0 bridgehead atoms. The van der Waals surface area contributed by atoms with E-state index >= 15 is 0 Å². The molecule has 2 aromatic rings. The summed E-state index contributed by atoms with van der Waals surface area (Å²) in [4.78, 5) is 14.8. The maximum atomic E-state index is 10.7. The summed E-state index contributed by atoms with van der Waals surface area (Å²) in [5.41, 5.74) is 2.09. The fraction of sp³-hybridized carbons (Fsp3) is 0.250. The Balaban J connectivity index is 2.01. The smallest absolute Gasteiger partial charge is 0.337 e. The number of ether oxygens (including phenoxy) is 1. The number of nitrogens with zero attached hydrogens (tertiary/aromatic N) is 1. The van der Waals surface area contributed by atoms with Crippen LogP contribution in [0.5, 0.6) is 5.75 Å². The predicted molar refractivity (Wildman–Crippen MR) is 76.1 cm³/mol. The molecule has 0 aliphatic heterocycles. The number of carboxylic acid groups (broad SMARTS) is 1. The minimum atomic E-state index is -0.977. The minimum Gasteiger partial charge on any atom is -0.487 e. The highest BCUT2D eigenvalue weighted by molar-refractivity contribution is 5.87. The molecular formula is C16H17NO3. The fourth-order valence-electron chi connectivity index (χ4n) is 1.76. The van der Waals surface area contributed by atoms with Crippen LogP contribution < -0.4 is 4.74 Å². The highest BCUT2D eigenvalue weighted by atomic mass is 16.5. The second-order valence-electron chi connectivity index (χ2n) is 4.86. The first-order valence-corrected chi connectivity index (χ1v) is 6.47. The number of hydrogen-bond acceptors (Lipinski definition) is 3. The van der Waals surface area contributed by atoms with Crippen LogP contribution in [0.15, 0.2) is 42.6 Å². The quantitative estimate of drug-likeness (QED) is 0.904. The van der Waals surface area contributed by atoms with Gasteiger partial charge < -0.3 is 9.84 Å². The Morgan fingerprint density at radius 3 is 2.70 bits per heavy atom. The van der Waals surface area contributed by atoms with Crippen LogP contribution in [0.25, 0.3) is 0 Å². The first-order chi connectivity index (χ1) is 9.56. The van der Waals surface area contributed by atoms with Crippen molar-refractivity contribution in [3.8, 4) is 5.75 Å². The van der Waals surface area contributed by atoms with Crippen LogP contribution in [-0.2, 0) is 6.61 Å². The number of carbonyl (C=O) groups is 1. The van der Waals surface area contributed by atoms with E-state index in [1.807, 2.05) is 18.2 Å². The molecule has 0 spiro atoms. The van der Waals surface area contributed by atoms with E-state index in [0.717, 1.165) is 5.75 Å². The molecule has 0 saturated heterocycles. The molecule has 0 aliphatic rings. The van der Waals surface area contributed by atoms with Crippen molar-refractivity contribution >= 4 is 5.97 Å². The first kappa shape index (κ1) is 14.1. The van der Waals surface area contributed by atoms with Gasteiger partial charge in [-0.3, -0.25) is 4.98 Å². The van der Waals surface area contributed by atoms with Gasteiger partial charge in [0.2, 0.25) is 0 Å². The third-order valence-corrected chi connectivity index (χ3v) is 2.98. The molecule has 0 saturated carbocycles. The van der Waals surface area contributed by atoms with Gasteiger partial charge in [-0.25, -0.2) is 4.79 Å². The SMILES string of the molecule is CC(C)c1cccc(OCc2ccc(C(=O)O)cn2)c1. The molecular weight excluding hydrogens is 254 g/mol. The predicted octanol–water partition coefficient (Wildman–Crippen LogP) is 3.48. The molecule has 104 valence electrons. The Kier molecular flexibility index (Phi) is 4.35. The van der Waals surface area contributed by atoms with E-state index in [9.17, 15) is 4.79 Å². The molecule has 2 rings (SSSR count). The lowest BCUT2D eigenvalue weighted by atomic mass is 10.0. The zero-order valence-electron chi connectivity index (χ0n) is 11.5. The Hall–Kier alpha value is -2.36. The van der Waals surface area contributed by atoms with Crippen molar-refractivity contribution in [2.24, 2.45) is 0 Å². The summed E-state index contributed by atoms with van der Waals surface area (Å²) in [6, 6.07) is 11.1. The summed E-state index contributed by atoms with van der Waals surface area (Å²) >= 11 is 0. The van der Waals surface area contributed by atoms with E-state index in [-0.39, 0.29) is 5.56 Å². The molecule has 1 heterocycles. The summed E-state index contributed by atoms with van der Waals surface area (Å²) in [6.45, 7) is 4.58. The van der Waals surface area contributed by atoms with Crippen LogP contribution in [0.3, 0.4) is 0 Å². The van der Waals surface area contributed by atoms with Crippen molar-refractivity contribution in [1.82, 2.24) is 4.98 Å². The monoisotopic (exact) mass is 271 g/mol. The molecule has 0 aliphatic carbocycles. The van der Waals surface area contributed by atoms with Gasteiger partial charge in [-0.1, -0.05) is 26.0 Å². The van der Waals surface area contributed by atoms with Crippen LogP contribution in [-0.4, -0.2) is 16.1 Å². The van der Waals surface area contributed by atoms with Gasteiger partial charge in [0.25, 0.3) is 0 Å². The van der Waals surface area contributed by atoms with Crippen molar-refractivity contribution in [2.45, 2.75) is 26.4 Å². The molecule has 1 aromatic carbocycles. The number of benzene rings is 1. The number of aromatic carboxylic acids is 1. The zero-order valence-corrected chi connectivity index (χ0v) is 11.5. The van der Waals surface area contributed by atoms with E-state index in [1.54, 1.807) is 6.07 Å². The van der Waals surface area contributed by atoms with Gasteiger partial charge in [-0.2, -0.15) is 0 Å². The Labute approximate surface area is 118 Å². The van der Waals surface area contributed by atoms with Crippen molar-refractivity contribution in [1.29, 1.82) is 0 Å². The lowest BCUT2D eigenvalue weighted by Crippen LogP contribution is -2.02. The zero-order chi connectivity index (χ0) is 14.5. The standard InChI is InChI=1S/C16H17NO3/c1-11(2)12-4-3-5-15(8-12)20-10-14-7-6-13(9-17-14)16(18)19/h3-9,11H,10H2,1-2H3,(H,18,19). The summed E-state index contributed by atoms with van der Waals surface area (Å²) in [6.07, 6.45) is 1.34. The fourth-order valence-corrected chi connectivity index (χ4v) is 1.76. The minimum absolute atomic E-state index is 0.176. The van der Waals surface area contributed by atoms with E-state index in [4.69, 9.17) is 9.84 Å². The molecule has 1 aromatic heterocycles. The van der Waals surface area contributed by atoms with Crippen LogP contribution in [0, 0.1) is 0 Å². The molecule has 0 radical (unpaired) electrons. The first-order valence-electron chi connectivity index (χ1n) is 6.47. The lowest BCUT2D eigenvalue weighted by molar-refractivity contribution is 0.0696. The maximum Gasteiger partial charge on any atom is 0.337 e. The molecule has 0 amide bonds. The molecule has 4 nitrogen and oxygen atoms in total. The maximum absolute atomic E-state index is 10.7. The highest BCUT2D eigenvalue weighted by Crippen LogP contribution is 2.20. The highest BCUT2D eigenvalue weighted by Gasteiger charge is 2.04. The Morgan fingerprint density at radius 2 is 2.10 bits per heavy atom. The summed E-state index contributed by atoms with van der Waals surface area (Å²) in [5.74, 6) is 0.265. The number of pyridine rings is 1. The lowest BCUT2D eigenvalue weighted by Gasteiger charge is -2.09. The van der Waals surface area contributed by atoms with Crippen LogP contribution in [0.4, 0.5) is 0 Å². The van der Waals surface area contributed by atoms with Crippen molar-refractivity contribution in [3.63, 3.8) is 0 Å². The van der Waals surface area contributed by atoms with Crippen molar-refractivity contribution in [3.05, 3.63) is 59.4 Å². The number of carboxylic acids is 1. The normalized spacial score (nSPS) is 10.6. The average Bonchev–Trinajstić information content (AvgIpc) is 2.46. The van der Waals surface area contributed by atoms with Gasteiger partial charge in [0.1, 0.15) is 12.4 Å². The largest absolute Gasteiger partial charge is 0.487 e. The van der Waals surface area contributed by atoms with E-state index in [2.05, 4.69) is 24.9 Å². The third kappa shape index (κ3) is 3.57.